The monoisotopic (exact) mass is 333 g/mol. The fraction of sp³-hybridized carbons (Fsp3) is 0.474. The van der Waals surface area contributed by atoms with E-state index in [-0.39, 0.29) is 6.04 Å². The molecule has 0 spiro atoms. The third kappa shape index (κ3) is 5.34. The smallest absolute Gasteiger partial charge is 0.122 e. The van der Waals surface area contributed by atoms with Crippen LogP contribution >= 0.6 is 11.3 Å². The molecule has 3 unspecified atom stereocenters. The molecule has 2 N–H and O–H groups in total. The predicted molar refractivity (Wildman–Crippen MR) is 97.4 cm³/mol. The lowest BCUT2D eigenvalue weighted by Crippen LogP contribution is -2.32. The number of nitrogens with one attached hydrogen (secondary N) is 1. The molecule has 0 amide bonds. The van der Waals surface area contributed by atoms with Crippen LogP contribution in [0, 0.1) is 0 Å². The molecule has 0 radical (unpaired) electrons. The van der Waals surface area contributed by atoms with Crippen LogP contribution in [0.1, 0.15) is 49.6 Å². The van der Waals surface area contributed by atoms with Crippen molar-refractivity contribution in [3.63, 3.8) is 0 Å². The molecule has 3 atom stereocenters. The Bertz CT molecular complexity index is 571. The van der Waals surface area contributed by atoms with Gasteiger partial charge in [-0.2, -0.15) is 0 Å². The summed E-state index contributed by atoms with van der Waals surface area (Å²) in [6.45, 7) is 7.30. The second-order valence-electron chi connectivity index (χ2n) is 5.96. The number of aliphatic hydroxyl groups excluding tert-OH is 1. The van der Waals surface area contributed by atoms with Gasteiger partial charge >= 0.3 is 0 Å². The Kier molecular flexibility index (Phi) is 7.09. The van der Waals surface area contributed by atoms with E-state index in [0.717, 1.165) is 12.2 Å². The van der Waals surface area contributed by atoms with E-state index in [9.17, 15) is 5.11 Å². The van der Waals surface area contributed by atoms with Crippen LogP contribution in [-0.4, -0.2) is 24.4 Å². The van der Waals surface area contributed by atoms with E-state index in [1.165, 1.54) is 10.4 Å². The summed E-state index contributed by atoms with van der Waals surface area (Å²) in [7, 11) is 0. The van der Waals surface area contributed by atoms with Crippen LogP contribution in [0.4, 0.5) is 0 Å². The Hall–Kier alpha value is -1.36. The average Bonchev–Trinajstić information content (AvgIpc) is 3.12. The summed E-state index contributed by atoms with van der Waals surface area (Å²) >= 11 is 1.73. The summed E-state index contributed by atoms with van der Waals surface area (Å²) in [5.41, 5.74) is 1.21. The van der Waals surface area contributed by atoms with Crippen molar-refractivity contribution in [2.75, 3.05) is 13.2 Å². The average molecular weight is 333 g/mol. The Labute approximate surface area is 143 Å². The molecule has 126 valence electrons. The summed E-state index contributed by atoms with van der Waals surface area (Å²) in [5, 5.41) is 15.6. The minimum atomic E-state index is -0.526. The first-order valence-corrected chi connectivity index (χ1v) is 9.16. The maximum absolute atomic E-state index is 10.2. The minimum absolute atomic E-state index is 0.247. The van der Waals surface area contributed by atoms with E-state index in [4.69, 9.17) is 4.74 Å². The van der Waals surface area contributed by atoms with Crippen molar-refractivity contribution in [1.82, 2.24) is 5.32 Å². The van der Waals surface area contributed by atoms with Gasteiger partial charge in [-0.25, -0.2) is 0 Å². The van der Waals surface area contributed by atoms with Gasteiger partial charge in [0.15, 0.2) is 0 Å². The van der Waals surface area contributed by atoms with Crippen molar-refractivity contribution in [3.05, 3.63) is 52.2 Å². The summed E-state index contributed by atoms with van der Waals surface area (Å²) < 4.78 is 5.86. The third-order valence-corrected chi connectivity index (χ3v) is 5.18. The second-order valence-corrected chi connectivity index (χ2v) is 6.94. The Morgan fingerprint density at radius 3 is 2.65 bits per heavy atom. The van der Waals surface area contributed by atoms with Crippen molar-refractivity contribution in [1.29, 1.82) is 0 Å². The van der Waals surface area contributed by atoms with Crippen molar-refractivity contribution in [3.8, 4) is 5.75 Å². The first kappa shape index (κ1) is 18.0. The second kappa shape index (κ2) is 9.06. The lowest BCUT2D eigenvalue weighted by Gasteiger charge is -2.19. The summed E-state index contributed by atoms with van der Waals surface area (Å²) in [5.74, 6) is 1.34. The topological polar surface area (TPSA) is 41.5 Å². The molecule has 2 aromatic rings. The first-order valence-electron chi connectivity index (χ1n) is 8.28. The highest BCUT2D eigenvalue weighted by molar-refractivity contribution is 7.10. The van der Waals surface area contributed by atoms with Gasteiger partial charge in [-0.05, 0) is 42.3 Å². The number of thiophene rings is 1. The van der Waals surface area contributed by atoms with E-state index in [0.29, 0.717) is 19.1 Å². The zero-order chi connectivity index (χ0) is 16.7. The molecule has 4 heteroatoms. The Balaban J connectivity index is 1.81. The maximum Gasteiger partial charge on any atom is 0.122 e. The first-order chi connectivity index (χ1) is 11.1. The number of benzene rings is 1. The normalized spacial score (nSPS) is 15.1. The van der Waals surface area contributed by atoms with Crippen molar-refractivity contribution >= 4 is 11.3 Å². The highest BCUT2D eigenvalue weighted by Gasteiger charge is 2.13. The largest absolute Gasteiger partial charge is 0.491 e. The van der Waals surface area contributed by atoms with E-state index < -0.39 is 6.10 Å². The maximum atomic E-state index is 10.2. The lowest BCUT2D eigenvalue weighted by atomic mass is 9.98. The molecule has 1 heterocycles. The van der Waals surface area contributed by atoms with Gasteiger partial charge in [0, 0.05) is 17.5 Å². The van der Waals surface area contributed by atoms with Gasteiger partial charge in [-0.3, -0.25) is 0 Å². The van der Waals surface area contributed by atoms with Crippen molar-refractivity contribution in [2.45, 2.75) is 45.3 Å². The molecule has 0 aliphatic carbocycles. The van der Waals surface area contributed by atoms with Crippen LogP contribution in [0.5, 0.6) is 5.75 Å². The zero-order valence-electron chi connectivity index (χ0n) is 14.2. The quantitative estimate of drug-likeness (QED) is 0.717. The standard InChI is InChI=1S/C19H27NO2S/c1-4-14(2)17-8-5-6-9-18(17)22-13-16(21)12-20-15(3)19-10-7-11-23-19/h5-11,14-16,20-21H,4,12-13H2,1-3H3. The molecule has 1 aromatic heterocycles. The molecule has 23 heavy (non-hydrogen) atoms. The fourth-order valence-corrected chi connectivity index (χ4v) is 3.19. The molecular weight excluding hydrogens is 306 g/mol. The number of para-hydroxylation sites is 1. The number of rotatable bonds is 9. The van der Waals surface area contributed by atoms with E-state index in [1.807, 2.05) is 24.3 Å². The Morgan fingerprint density at radius 2 is 1.96 bits per heavy atom. The van der Waals surface area contributed by atoms with Gasteiger partial charge in [0.05, 0.1) is 0 Å². The van der Waals surface area contributed by atoms with Gasteiger partial charge in [-0.15, -0.1) is 11.3 Å². The molecule has 0 fully saturated rings. The predicted octanol–water partition coefficient (Wildman–Crippen LogP) is 4.35. The third-order valence-electron chi connectivity index (χ3n) is 4.12. The molecule has 2 rings (SSSR count). The van der Waals surface area contributed by atoms with E-state index in [2.05, 4.69) is 43.6 Å². The molecular formula is C19H27NO2S. The lowest BCUT2D eigenvalue weighted by molar-refractivity contribution is 0.103. The minimum Gasteiger partial charge on any atom is -0.491 e. The summed E-state index contributed by atoms with van der Waals surface area (Å²) in [6.07, 6.45) is 0.547. The molecule has 0 saturated carbocycles. The van der Waals surface area contributed by atoms with Gasteiger partial charge in [0.25, 0.3) is 0 Å². The summed E-state index contributed by atoms with van der Waals surface area (Å²) in [6, 6.07) is 12.5. The van der Waals surface area contributed by atoms with Gasteiger partial charge in [0.2, 0.25) is 0 Å². The molecule has 0 aliphatic heterocycles. The Morgan fingerprint density at radius 1 is 1.17 bits per heavy atom. The molecule has 3 nitrogen and oxygen atoms in total. The van der Waals surface area contributed by atoms with Crippen LogP contribution in [-0.2, 0) is 0 Å². The highest BCUT2D eigenvalue weighted by Crippen LogP contribution is 2.28. The zero-order valence-corrected chi connectivity index (χ0v) is 15.0. The number of ether oxygens (including phenoxy) is 1. The van der Waals surface area contributed by atoms with Crippen LogP contribution < -0.4 is 10.1 Å². The fourth-order valence-electron chi connectivity index (χ4n) is 2.43. The highest BCUT2D eigenvalue weighted by atomic mass is 32.1. The van der Waals surface area contributed by atoms with Crippen LogP contribution in [0.2, 0.25) is 0 Å². The molecule has 0 bridgehead atoms. The van der Waals surface area contributed by atoms with Gasteiger partial charge < -0.3 is 15.2 Å². The van der Waals surface area contributed by atoms with E-state index >= 15 is 0 Å². The molecule has 0 saturated heterocycles. The van der Waals surface area contributed by atoms with Crippen molar-refractivity contribution < 1.29 is 9.84 Å². The SMILES string of the molecule is CCC(C)c1ccccc1OCC(O)CNC(C)c1cccs1. The van der Waals surface area contributed by atoms with Crippen LogP contribution in [0.3, 0.4) is 0 Å². The number of hydrogen-bond acceptors (Lipinski definition) is 4. The van der Waals surface area contributed by atoms with Crippen LogP contribution in [0.15, 0.2) is 41.8 Å². The summed E-state index contributed by atoms with van der Waals surface area (Å²) in [4.78, 5) is 1.28. The molecule has 1 aromatic carbocycles. The van der Waals surface area contributed by atoms with Gasteiger partial charge in [-0.1, -0.05) is 38.1 Å². The molecule has 0 aliphatic rings. The van der Waals surface area contributed by atoms with Gasteiger partial charge in [0.1, 0.15) is 18.5 Å². The van der Waals surface area contributed by atoms with Crippen molar-refractivity contribution in [2.24, 2.45) is 0 Å². The number of aliphatic hydroxyl groups is 1. The van der Waals surface area contributed by atoms with Crippen LogP contribution in [0.25, 0.3) is 0 Å². The number of hydrogen-bond donors (Lipinski definition) is 2. The van der Waals surface area contributed by atoms with E-state index in [1.54, 1.807) is 11.3 Å².